The van der Waals surface area contributed by atoms with Crippen LogP contribution in [-0.4, -0.2) is 52.3 Å². The molecule has 188 valence electrons. The quantitative estimate of drug-likeness (QED) is 0.491. The normalized spacial score (nSPS) is 12.0. The minimum Gasteiger partial charge on any atom is -0.493 e. The second kappa shape index (κ2) is 11.5. The van der Waals surface area contributed by atoms with Crippen molar-refractivity contribution in [3.63, 3.8) is 0 Å². The highest BCUT2D eigenvalue weighted by Crippen LogP contribution is 2.32. The average molecular weight is 491 g/mol. The molecule has 2 amide bonds. The summed E-state index contributed by atoms with van der Waals surface area (Å²) in [6, 6.07) is 18.2. The molecule has 0 atom stereocenters. The average Bonchev–Trinajstić information content (AvgIpc) is 2.91. The molecule has 1 N–H and O–H groups in total. The molecule has 3 aromatic rings. The maximum absolute atomic E-state index is 13.5. The van der Waals surface area contributed by atoms with Crippen molar-refractivity contribution in [3.8, 4) is 23.0 Å². The molecule has 36 heavy (non-hydrogen) atoms. The molecule has 4 rings (SSSR count). The fourth-order valence-corrected chi connectivity index (χ4v) is 3.99. The topological polar surface area (TPSA) is 86.3 Å². The lowest BCUT2D eigenvalue weighted by atomic mass is 10.1. The van der Waals surface area contributed by atoms with Crippen molar-refractivity contribution in [2.75, 3.05) is 45.4 Å². The van der Waals surface area contributed by atoms with Gasteiger partial charge in [0.05, 0.1) is 14.2 Å². The Morgan fingerprint density at radius 1 is 0.917 bits per heavy atom. The zero-order valence-corrected chi connectivity index (χ0v) is 20.7. The van der Waals surface area contributed by atoms with Crippen LogP contribution in [0.3, 0.4) is 0 Å². The predicted octanol–water partition coefficient (Wildman–Crippen LogP) is 3.79. The fraction of sp³-hybridized carbons (Fsp3) is 0.286. The molecule has 3 aromatic carbocycles. The van der Waals surface area contributed by atoms with Crippen molar-refractivity contribution in [2.45, 2.75) is 13.3 Å². The third-order valence-electron chi connectivity index (χ3n) is 5.83. The summed E-state index contributed by atoms with van der Waals surface area (Å²) in [5, 5.41) is 2.92. The number of ether oxygens (including phenoxy) is 4. The SMILES string of the molecule is COc1ccc(CCNC(=O)CN(C(=O)c2ccc3c(c2)OCCO3)c2cccc(C)c2)cc1OC. The van der Waals surface area contributed by atoms with Crippen LogP contribution in [0.15, 0.2) is 60.7 Å². The molecule has 0 unspecified atom stereocenters. The van der Waals surface area contributed by atoms with Gasteiger partial charge in [-0.15, -0.1) is 0 Å². The van der Waals surface area contributed by atoms with E-state index in [1.165, 1.54) is 4.90 Å². The van der Waals surface area contributed by atoms with Gasteiger partial charge in [0.25, 0.3) is 5.91 Å². The number of carbonyl (C=O) groups is 2. The Morgan fingerprint density at radius 3 is 2.44 bits per heavy atom. The molecular weight excluding hydrogens is 460 g/mol. The zero-order chi connectivity index (χ0) is 25.5. The third kappa shape index (κ3) is 5.89. The third-order valence-corrected chi connectivity index (χ3v) is 5.83. The molecule has 0 radical (unpaired) electrons. The minimum atomic E-state index is -0.299. The van der Waals surface area contributed by atoms with E-state index >= 15 is 0 Å². The first-order chi connectivity index (χ1) is 17.5. The van der Waals surface area contributed by atoms with E-state index in [9.17, 15) is 9.59 Å². The number of aryl methyl sites for hydroxylation is 1. The van der Waals surface area contributed by atoms with Crippen LogP contribution in [0.5, 0.6) is 23.0 Å². The van der Waals surface area contributed by atoms with Gasteiger partial charge < -0.3 is 24.3 Å². The van der Waals surface area contributed by atoms with Crippen LogP contribution in [0.1, 0.15) is 21.5 Å². The first kappa shape index (κ1) is 24.9. The predicted molar refractivity (Wildman–Crippen MR) is 137 cm³/mol. The van der Waals surface area contributed by atoms with Crippen LogP contribution >= 0.6 is 0 Å². The van der Waals surface area contributed by atoms with Gasteiger partial charge in [0.2, 0.25) is 5.91 Å². The summed E-state index contributed by atoms with van der Waals surface area (Å²) in [4.78, 5) is 27.9. The van der Waals surface area contributed by atoms with Gasteiger partial charge in [-0.25, -0.2) is 0 Å². The van der Waals surface area contributed by atoms with E-state index in [2.05, 4.69) is 5.32 Å². The Kier molecular flexibility index (Phi) is 7.95. The molecule has 0 saturated heterocycles. The molecule has 0 spiro atoms. The molecule has 0 fully saturated rings. The van der Waals surface area contributed by atoms with Crippen LogP contribution < -0.4 is 29.2 Å². The van der Waals surface area contributed by atoms with E-state index in [4.69, 9.17) is 18.9 Å². The van der Waals surface area contributed by atoms with Crippen LogP contribution in [0.2, 0.25) is 0 Å². The number of anilines is 1. The Labute approximate surface area is 210 Å². The van der Waals surface area contributed by atoms with E-state index in [0.29, 0.717) is 60.4 Å². The summed E-state index contributed by atoms with van der Waals surface area (Å²) >= 11 is 0. The van der Waals surface area contributed by atoms with E-state index in [0.717, 1.165) is 11.1 Å². The summed E-state index contributed by atoms with van der Waals surface area (Å²) in [5.74, 6) is 1.85. The molecule has 8 heteroatoms. The molecule has 1 heterocycles. The lowest BCUT2D eigenvalue weighted by Crippen LogP contribution is -2.41. The lowest BCUT2D eigenvalue weighted by Gasteiger charge is -2.24. The number of methoxy groups -OCH3 is 2. The molecular formula is C28H30N2O6. The van der Waals surface area contributed by atoms with Crippen molar-refractivity contribution >= 4 is 17.5 Å². The van der Waals surface area contributed by atoms with Gasteiger partial charge in [0, 0.05) is 17.8 Å². The number of hydrogen-bond donors (Lipinski definition) is 1. The van der Waals surface area contributed by atoms with Crippen molar-refractivity contribution in [1.29, 1.82) is 0 Å². The first-order valence-corrected chi connectivity index (χ1v) is 11.7. The number of fused-ring (bicyclic) bond motifs is 1. The molecule has 0 aliphatic carbocycles. The summed E-state index contributed by atoms with van der Waals surface area (Å²) < 4.78 is 21.8. The fourth-order valence-electron chi connectivity index (χ4n) is 3.99. The molecule has 0 saturated carbocycles. The van der Waals surface area contributed by atoms with Gasteiger partial charge >= 0.3 is 0 Å². The van der Waals surface area contributed by atoms with Crippen LogP contribution in [-0.2, 0) is 11.2 Å². The number of benzene rings is 3. The summed E-state index contributed by atoms with van der Waals surface area (Å²) in [6.45, 7) is 3.13. The van der Waals surface area contributed by atoms with E-state index in [1.54, 1.807) is 32.4 Å². The number of nitrogens with one attached hydrogen (secondary N) is 1. The van der Waals surface area contributed by atoms with Gasteiger partial charge in [-0.1, -0.05) is 18.2 Å². The Balaban J connectivity index is 1.46. The van der Waals surface area contributed by atoms with Gasteiger partial charge in [-0.2, -0.15) is 0 Å². The summed E-state index contributed by atoms with van der Waals surface area (Å²) in [7, 11) is 3.17. The second-order valence-corrected chi connectivity index (χ2v) is 8.38. The minimum absolute atomic E-state index is 0.122. The monoisotopic (exact) mass is 490 g/mol. The Bertz CT molecular complexity index is 1240. The molecule has 8 nitrogen and oxygen atoms in total. The highest BCUT2D eigenvalue weighted by Gasteiger charge is 2.23. The zero-order valence-electron chi connectivity index (χ0n) is 20.7. The van der Waals surface area contributed by atoms with Crippen LogP contribution in [0, 0.1) is 6.92 Å². The molecule has 0 bridgehead atoms. The van der Waals surface area contributed by atoms with Gasteiger partial charge in [0.15, 0.2) is 23.0 Å². The number of amides is 2. The van der Waals surface area contributed by atoms with Gasteiger partial charge in [0.1, 0.15) is 19.8 Å². The van der Waals surface area contributed by atoms with E-state index < -0.39 is 0 Å². The van der Waals surface area contributed by atoms with Gasteiger partial charge in [-0.05, 0) is 66.9 Å². The number of rotatable bonds is 9. The van der Waals surface area contributed by atoms with E-state index in [1.807, 2.05) is 49.4 Å². The maximum Gasteiger partial charge on any atom is 0.258 e. The van der Waals surface area contributed by atoms with E-state index in [-0.39, 0.29) is 18.4 Å². The van der Waals surface area contributed by atoms with Crippen molar-refractivity contribution in [3.05, 3.63) is 77.4 Å². The molecule has 0 aromatic heterocycles. The highest BCUT2D eigenvalue weighted by atomic mass is 16.6. The maximum atomic E-state index is 13.5. The number of hydrogen-bond acceptors (Lipinski definition) is 6. The second-order valence-electron chi connectivity index (χ2n) is 8.38. The smallest absolute Gasteiger partial charge is 0.258 e. The Hall–Kier alpha value is -4.20. The number of carbonyl (C=O) groups excluding carboxylic acids is 2. The van der Waals surface area contributed by atoms with Gasteiger partial charge in [-0.3, -0.25) is 14.5 Å². The Morgan fingerprint density at radius 2 is 1.69 bits per heavy atom. The van der Waals surface area contributed by atoms with Crippen molar-refractivity contribution in [2.24, 2.45) is 0 Å². The largest absolute Gasteiger partial charge is 0.493 e. The van der Waals surface area contributed by atoms with Crippen LogP contribution in [0.25, 0.3) is 0 Å². The first-order valence-electron chi connectivity index (χ1n) is 11.7. The van der Waals surface area contributed by atoms with Crippen LogP contribution in [0.4, 0.5) is 5.69 Å². The number of nitrogens with zero attached hydrogens (tertiary/aromatic N) is 1. The van der Waals surface area contributed by atoms with Crippen molar-refractivity contribution < 1.29 is 28.5 Å². The summed E-state index contributed by atoms with van der Waals surface area (Å²) in [6.07, 6.45) is 0.604. The highest BCUT2D eigenvalue weighted by molar-refractivity contribution is 6.09. The lowest BCUT2D eigenvalue weighted by molar-refractivity contribution is -0.119. The van der Waals surface area contributed by atoms with Crippen molar-refractivity contribution in [1.82, 2.24) is 5.32 Å². The summed E-state index contributed by atoms with van der Waals surface area (Å²) in [5.41, 5.74) is 3.04. The molecule has 1 aliphatic heterocycles. The standard InChI is InChI=1S/C28H30N2O6/c1-19-5-4-6-22(15-19)30(28(32)21-8-10-24-26(17-21)36-14-13-35-24)18-27(31)29-12-11-20-7-9-23(33-2)25(16-20)34-3/h4-10,15-17H,11-14,18H2,1-3H3,(H,29,31). The molecule has 1 aliphatic rings.